The Balaban J connectivity index is 2.01. The lowest BCUT2D eigenvalue weighted by molar-refractivity contribution is 0.509. The van der Waals surface area contributed by atoms with Crippen LogP contribution >= 0.6 is 0 Å². The van der Waals surface area contributed by atoms with Crippen molar-refractivity contribution in [2.24, 2.45) is 0 Å². The minimum Gasteiger partial charge on any atom is -0.312 e. The van der Waals surface area contributed by atoms with Crippen molar-refractivity contribution in [3.63, 3.8) is 0 Å². The van der Waals surface area contributed by atoms with Crippen molar-refractivity contribution in [3.05, 3.63) is 28.8 Å². The van der Waals surface area contributed by atoms with Gasteiger partial charge in [0, 0.05) is 18.8 Å². The number of rotatable bonds is 2. The molecule has 0 aromatic carbocycles. The van der Waals surface area contributed by atoms with Gasteiger partial charge in [0.25, 0.3) is 0 Å². The van der Waals surface area contributed by atoms with Crippen LogP contribution in [0, 0.1) is 0 Å². The molecule has 3 rings (SSSR count). The minimum atomic E-state index is -0.0672. The van der Waals surface area contributed by atoms with Gasteiger partial charge in [0.1, 0.15) is 0 Å². The number of fused-ring (bicyclic) bond motifs is 1. The quantitative estimate of drug-likeness (QED) is 0.770. The van der Waals surface area contributed by atoms with E-state index in [1.165, 1.54) is 6.42 Å². The van der Waals surface area contributed by atoms with Gasteiger partial charge < -0.3 is 5.32 Å². The van der Waals surface area contributed by atoms with Crippen molar-refractivity contribution in [3.8, 4) is 0 Å². The van der Waals surface area contributed by atoms with Crippen LogP contribution < -0.4 is 11.0 Å². The highest BCUT2D eigenvalue weighted by Crippen LogP contribution is 2.11. The molecule has 1 aliphatic rings. The molecule has 1 saturated heterocycles. The Kier molecular flexibility index (Phi) is 2.25. The summed E-state index contributed by atoms with van der Waals surface area (Å²) in [7, 11) is 0. The van der Waals surface area contributed by atoms with E-state index in [0.717, 1.165) is 25.0 Å². The van der Waals surface area contributed by atoms with Crippen molar-refractivity contribution >= 4 is 11.2 Å². The number of hydrogen-bond acceptors (Lipinski definition) is 3. The van der Waals surface area contributed by atoms with E-state index in [4.69, 9.17) is 0 Å². The molecule has 0 saturated carbocycles. The van der Waals surface area contributed by atoms with Crippen LogP contribution in [0.2, 0.25) is 0 Å². The summed E-state index contributed by atoms with van der Waals surface area (Å²) >= 11 is 0. The first-order valence-corrected chi connectivity index (χ1v) is 5.61. The topological polar surface area (TPSA) is 62.7 Å². The van der Waals surface area contributed by atoms with Crippen LogP contribution in [0.25, 0.3) is 11.2 Å². The Morgan fingerprint density at radius 3 is 3.31 bits per heavy atom. The van der Waals surface area contributed by atoms with Crippen molar-refractivity contribution in [1.29, 1.82) is 0 Å². The molecule has 1 unspecified atom stereocenters. The number of aromatic nitrogens is 3. The van der Waals surface area contributed by atoms with Crippen molar-refractivity contribution in [1.82, 2.24) is 19.9 Å². The summed E-state index contributed by atoms with van der Waals surface area (Å²) < 4.78 is 1.77. The molecular formula is C11H14N4O. The molecule has 84 valence electrons. The summed E-state index contributed by atoms with van der Waals surface area (Å²) in [4.78, 5) is 18.7. The van der Waals surface area contributed by atoms with Crippen LogP contribution in [0.1, 0.15) is 12.8 Å². The molecular weight excluding hydrogens is 204 g/mol. The van der Waals surface area contributed by atoms with Gasteiger partial charge in [-0.2, -0.15) is 0 Å². The lowest BCUT2D eigenvalue weighted by Gasteiger charge is -2.10. The predicted molar refractivity (Wildman–Crippen MR) is 61.4 cm³/mol. The molecule has 1 atom stereocenters. The van der Waals surface area contributed by atoms with Gasteiger partial charge in [0.2, 0.25) is 0 Å². The van der Waals surface area contributed by atoms with Crippen molar-refractivity contribution in [2.75, 3.05) is 6.54 Å². The zero-order valence-electron chi connectivity index (χ0n) is 8.94. The van der Waals surface area contributed by atoms with E-state index in [1.807, 2.05) is 12.1 Å². The highest BCUT2D eigenvalue weighted by Gasteiger charge is 2.17. The number of pyridine rings is 1. The second-order valence-electron chi connectivity index (χ2n) is 4.21. The average molecular weight is 218 g/mol. The Bertz CT molecular complexity index is 550. The molecule has 2 aromatic heterocycles. The van der Waals surface area contributed by atoms with E-state index in [0.29, 0.717) is 11.7 Å². The summed E-state index contributed by atoms with van der Waals surface area (Å²) in [6, 6.07) is 4.19. The fraction of sp³-hybridized carbons (Fsp3) is 0.455. The van der Waals surface area contributed by atoms with Gasteiger partial charge in [0.15, 0.2) is 5.65 Å². The smallest absolute Gasteiger partial charge is 0.312 e. The maximum Gasteiger partial charge on any atom is 0.327 e. The number of imidazole rings is 1. The van der Waals surface area contributed by atoms with E-state index in [-0.39, 0.29) is 5.69 Å². The summed E-state index contributed by atoms with van der Waals surface area (Å²) in [5.74, 6) is 0. The van der Waals surface area contributed by atoms with E-state index in [9.17, 15) is 4.79 Å². The lowest BCUT2D eigenvalue weighted by Crippen LogP contribution is -2.31. The second-order valence-corrected chi connectivity index (χ2v) is 4.21. The number of aromatic amines is 1. The summed E-state index contributed by atoms with van der Waals surface area (Å²) in [5.41, 5.74) is 1.49. The molecule has 0 spiro atoms. The molecule has 0 bridgehead atoms. The monoisotopic (exact) mass is 218 g/mol. The van der Waals surface area contributed by atoms with Crippen LogP contribution in [0.5, 0.6) is 0 Å². The Morgan fingerprint density at radius 2 is 2.50 bits per heavy atom. The third kappa shape index (κ3) is 1.53. The SMILES string of the molecule is O=c1[nH]c2ncccc2n1CC1CCCN1. The van der Waals surface area contributed by atoms with Crippen LogP contribution in [0.3, 0.4) is 0 Å². The first kappa shape index (κ1) is 9.59. The molecule has 1 fully saturated rings. The maximum atomic E-state index is 11.8. The number of nitrogens with one attached hydrogen (secondary N) is 2. The average Bonchev–Trinajstić information content (AvgIpc) is 2.89. The Morgan fingerprint density at radius 1 is 1.56 bits per heavy atom. The Labute approximate surface area is 92.5 Å². The zero-order chi connectivity index (χ0) is 11.0. The fourth-order valence-corrected chi connectivity index (χ4v) is 2.30. The normalized spacial score (nSPS) is 20.6. The largest absolute Gasteiger partial charge is 0.327 e. The maximum absolute atomic E-state index is 11.8. The van der Waals surface area contributed by atoms with Gasteiger partial charge in [-0.3, -0.25) is 9.55 Å². The summed E-state index contributed by atoms with van der Waals surface area (Å²) in [5, 5.41) is 3.39. The lowest BCUT2D eigenvalue weighted by atomic mass is 10.2. The van der Waals surface area contributed by atoms with Crippen LogP contribution in [0.4, 0.5) is 0 Å². The van der Waals surface area contributed by atoms with Gasteiger partial charge in [-0.25, -0.2) is 9.78 Å². The van der Waals surface area contributed by atoms with Crippen LogP contribution in [0.15, 0.2) is 23.1 Å². The third-order valence-corrected chi connectivity index (χ3v) is 3.11. The molecule has 16 heavy (non-hydrogen) atoms. The second kappa shape index (κ2) is 3.75. The van der Waals surface area contributed by atoms with Gasteiger partial charge in [-0.05, 0) is 31.5 Å². The molecule has 2 aromatic rings. The summed E-state index contributed by atoms with van der Waals surface area (Å²) in [6.45, 7) is 1.78. The highest BCUT2D eigenvalue weighted by atomic mass is 16.1. The minimum absolute atomic E-state index is 0.0672. The first-order chi connectivity index (χ1) is 7.84. The molecule has 1 aliphatic heterocycles. The van der Waals surface area contributed by atoms with Crippen LogP contribution in [-0.2, 0) is 6.54 Å². The molecule has 3 heterocycles. The molecule has 2 N–H and O–H groups in total. The van der Waals surface area contributed by atoms with Crippen molar-refractivity contribution in [2.45, 2.75) is 25.4 Å². The number of hydrogen-bond donors (Lipinski definition) is 2. The first-order valence-electron chi connectivity index (χ1n) is 5.61. The molecule has 0 aliphatic carbocycles. The molecule has 5 nitrogen and oxygen atoms in total. The third-order valence-electron chi connectivity index (χ3n) is 3.11. The van der Waals surface area contributed by atoms with Crippen LogP contribution in [-0.4, -0.2) is 27.1 Å². The number of H-pyrrole nitrogens is 1. The summed E-state index contributed by atoms with van der Waals surface area (Å²) in [6.07, 6.45) is 4.02. The van der Waals surface area contributed by atoms with Gasteiger partial charge >= 0.3 is 5.69 Å². The molecule has 0 radical (unpaired) electrons. The van der Waals surface area contributed by atoms with Gasteiger partial charge in [-0.1, -0.05) is 0 Å². The molecule has 5 heteroatoms. The van der Waals surface area contributed by atoms with E-state index < -0.39 is 0 Å². The van der Waals surface area contributed by atoms with Crippen molar-refractivity contribution < 1.29 is 0 Å². The Hall–Kier alpha value is -1.62. The van der Waals surface area contributed by atoms with E-state index in [2.05, 4.69) is 15.3 Å². The highest BCUT2D eigenvalue weighted by molar-refractivity contribution is 5.70. The zero-order valence-corrected chi connectivity index (χ0v) is 8.94. The van der Waals surface area contributed by atoms with Gasteiger partial charge in [-0.15, -0.1) is 0 Å². The van der Waals surface area contributed by atoms with E-state index >= 15 is 0 Å². The van der Waals surface area contributed by atoms with E-state index in [1.54, 1.807) is 10.8 Å². The standard InChI is InChI=1S/C11H14N4O/c16-11-14-10-9(4-2-6-13-10)15(11)7-8-3-1-5-12-8/h2,4,6,8,12H,1,3,5,7H2,(H,13,14,16). The van der Waals surface area contributed by atoms with Gasteiger partial charge in [0.05, 0.1) is 5.52 Å². The fourth-order valence-electron chi connectivity index (χ4n) is 2.30. The molecule has 0 amide bonds. The predicted octanol–water partition coefficient (Wildman–Crippen LogP) is 0.477. The number of nitrogens with zero attached hydrogens (tertiary/aromatic N) is 2.